The average molecular weight is 231 g/mol. The third-order valence-electron chi connectivity index (χ3n) is 3.22. The van der Waals surface area contributed by atoms with E-state index >= 15 is 0 Å². The molecule has 90 valence electrons. The third-order valence-corrected chi connectivity index (χ3v) is 3.22. The zero-order valence-electron chi connectivity index (χ0n) is 10.2. The molecule has 1 fully saturated rings. The maximum atomic E-state index is 8.77. The first-order valence-electron chi connectivity index (χ1n) is 5.69. The van der Waals surface area contributed by atoms with Crippen molar-refractivity contribution in [1.29, 1.82) is 5.26 Å². The highest BCUT2D eigenvalue weighted by Gasteiger charge is 2.25. The second-order valence-corrected chi connectivity index (χ2v) is 4.60. The summed E-state index contributed by atoms with van der Waals surface area (Å²) in [6.07, 6.45) is 2.70. The summed E-state index contributed by atoms with van der Waals surface area (Å²) < 4.78 is 0. The lowest BCUT2D eigenvalue weighted by Gasteiger charge is -2.21. The number of likely N-dealkylation sites (N-methyl/N-ethyl adjacent to an activating group) is 1. The first-order valence-corrected chi connectivity index (χ1v) is 5.69. The summed E-state index contributed by atoms with van der Waals surface area (Å²) in [6, 6.07) is 4.28. The predicted octanol–water partition coefficient (Wildman–Crippen LogP) is 0.676. The van der Waals surface area contributed by atoms with Crippen LogP contribution in [0.1, 0.15) is 12.0 Å². The van der Waals surface area contributed by atoms with E-state index in [4.69, 9.17) is 11.0 Å². The fraction of sp³-hybridized carbons (Fsp3) is 0.500. The van der Waals surface area contributed by atoms with Gasteiger partial charge in [-0.25, -0.2) is 4.98 Å². The van der Waals surface area contributed by atoms with Gasteiger partial charge < -0.3 is 15.5 Å². The van der Waals surface area contributed by atoms with Gasteiger partial charge in [0.2, 0.25) is 0 Å². The normalized spacial score (nSPS) is 19.6. The number of rotatable bonds is 2. The van der Waals surface area contributed by atoms with Crippen molar-refractivity contribution in [1.82, 2.24) is 9.88 Å². The summed E-state index contributed by atoms with van der Waals surface area (Å²) in [6.45, 7) is 1.90. The molecule has 1 aromatic heterocycles. The van der Waals surface area contributed by atoms with Gasteiger partial charge in [0.1, 0.15) is 6.07 Å². The molecule has 0 bridgehead atoms. The highest BCUT2D eigenvalue weighted by molar-refractivity contribution is 5.65. The summed E-state index contributed by atoms with van der Waals surface area (Å²) in [7, 11) is 4.17. The molecule has 0 aromatic carbocycles. The molecular formula is C12H17N5. The smallest absolute Gasteiger partial charge is 0.151 e. The Labute approximate surface area is 101 Å². The van der Waals surface area contributed by atoms with Crippen molar-refractivity contribution in [3.8, 4) is 6.07 Å². The van der Waals surface area contributed by atoms with Crippen molar-refractivity contribution >= 4 is 11.5 Å². The monoisotopic (exact) mass is 231 g/mol. The van der Waals surface area contributed by atoms with E-state index < -0.39 is 0 Å². The molecule has 1 atom stereocenters. The van der Waals surface area contributed by atoms with Crippen LogP contribution in [0.5, 0.6) is 0 Å². The summed E-state index contributed by atoms with van der Waals surface area (Å²) in [5, 5.41) is 8.77. The van der Waals surface area contributed by atoms with Crippen molar-refractivity contribution in [3.63, 3.8) is 0 Å². The van der Waals surface area contributed by atoms with E-state index in [1.54, 1.807) is 12.3 Å². The number of pyridine rings is 1. The highest BCUT2D eigenvalue weighted by Crippen LogP contribution is 2.25. The number of anilines is 2. The minimum Gasteiger partial charge on any atom is -0.396 e. The SMILES string of the molecule is CN(C)C1CCN(c2ncc(C#N)cc2N)C1. The Hall–Kier alpha value is -1.80. The molecule has 1 unspecified atom stereocenters. The number of hydrogen-bond acceptors (Lipinski definition) is 5. The van der Waals surface area contributed by atoms with Crippen LogP contribution in [0.2, 0.25) is 0 Å². The first kappa shape index (κ1) is 11.7. The summed E-state index contributed by atoms with van der Waals surface area (Å²) >= 11 is 0. The quantitative estimate of drug-likeness (QED) is 0.810. The van der Waals surface area contributed by atoms with Gasteiger partial charge in [-0.15, -0.1) is 0 Å². The van der Waals surface area contributed by atoms with Crippen LogP contribution in [0.15, 0.2) is 12.3 Å². The molecule has 0 amide bonds. The van der Waals surface area contributed by atoms with Crippen molar-refractivity contribution in [3.05, 3.63) is 17.8 Å². The number of nitrogens with two attached hydrogens (primary N) is 1. The minimum absolute atomic E-state index is 0.509. The molecule has 5 nitrogen and oxygen atoms in total. The van der Waals surface area contributed by atoms with Crippen LogP contribution in [0, 0.1) is 11.3 Å². The summed E-state index contributed by atoms with van der Waals surface area (Å²) in [5.41, 5.74) is 7.02. The standard InChI is InChI=1S/C12H17N5/c1-16(2)10-3-4-17(8-10)12-11(14)5-9(6-13)7-15-12/h5,7,10H,3-4,8,14H2,1-2H3. The van der Waals surface area contributed by atoms with Gasteiger partial charge >= 0.3 is 0 Å². The second kappa shape index (κ2) is 4.60. The lowest BCUT2D eigenvalue weighted by molar-refractivity contribution is 0.315. The molecule has 0 radical (unpaired) electrons. The van der Waals surface area contributed by atoms with E-state index in [9.17, 15) is 0 Å². The van der Waals surface area contributed by atoms with Gasteiger partial charge in [-0.2, -0.15) is 5.26 Å². The molecule has 1 saturated heterocycles. The summed E-state index contributed by atoms with van der Waals surface area (Å²) in [5.74, 6) is 0.799. The van der Waals surface area contributed by atoms with E-state index in [1.165, 1.54) is 0 Å². The van der Waals surface area contributed by atoms with Crippen molar-refractivity contribution in [2.45, 2.75) is 12.5 Å². The first-order chi connectivity index (χ1) is 8.11. The average Bonchev–Trinajstić information content (AvgIpc) is 2.78. The van der Waals surface area contributed by atoms with Crippen molar-refractivity contribution in [2.75, 3.05) is 37.8 Å². The summed E-state index contributed by atoms with van der Waals surface area (Å²) in [4.78, 5) is 8.69. The number of nitriles is 1. The third kappa shape index (κ3) is 2.32. The molecule has 0 spiro atoms. The molecule has 2 heterocycles. The maximum Gasteiger partial charge on any atom is 0.151 e. The van der Waals surface area contributed by atoms with Crippen LogP contribution in [-0.2, 0) is 0 Å². The molecule has 2 N–H and O–H groups in total. The Morgan fingerprint density at radius 1 is 1.59 bits per heavy atom. The van der Waals surface area contributed by atoms with Crippen LogP contribution in [0.25, 0.3) is 0 Å². The number of aromatic nitrogens is 1. The maximum absolute atomic E-state index is 8.77. The lowest BCUT2D eigenvalue weighted by Crippen LogP contribution is -2.32. The van der Waals surface area contributed by atoms with Gasteiger partial charge in [0, 0.05) is 25.3 Å². The van der Waals surface area contributed by atoms with Gasteiger partial charge in [-0.3, -0.25) is 0 Å². The minimum atomic E-state index is 0.509. The zero-order valence-corrected chi connectivity index (χ0v) is 10.2. The van der Waals surface area contributed by atoms with Crippen LogP contribution in [-0.4, -0.2) is 43.1 Å². The van der Waals surface area contributed by atoms with E-state index in [0.29, 0.717) is 17.3 Å². The largest absolute Gasteiger partial charge is 0.396 e. The Morgan fingerprint density at radius 2 is 2.35 bits per heavy atom. The van der Waals surface area contributed by atoms with Crippen molar-refractivity contribution in [2.24, 2.45) is 0 Å². The van der Waals surface area contributed by atoms with Gasteiger partial charge in [-0.05, 0) is 26.6 Å². The van der Waals surface area contributed by atoms with E-state index in [2.05, 4.69) is 28.9 Å². The van der Waals surface area contributed by atoms with Crippen LogP contribution >= 0.6 is 0 Å². The fourth-order valence-electron chi connectivity index (χ4n) is 2.16. The fourth-order valence-corrected chi connectivity index (χ4v) is 2.16. The molecule has 17 heavy (non-hydrogen) atoms. The predicted molar refractivity (Wildman–Crippen MR) is 67.7 cm³/mol. The second-order valence-electron chi connectivity index (χ2n) is 4.60. The molecule has 0 aliphatic carbocycles. The Morgan fingerprint density at radius 3 is 2.88 bits per heavy atom. The molecule has 1 aliphatic heterocycles. The van der Waals surface area contributed by atoms with Crippen LogP contribution in [0.3, 0.4) is 0 Å². The molecule has 1 aliphatic rings. The van der Waals surface area contributed by atoms with E-state index in [0.717, 1.165) is 25.3 Å². The van der Waals surface area contributed by atoms with Gasteiger partial charge in [0.25, 0.3) is 0 Å². The molecule has 1 aromatic rings. The lowest BCUT2D eigenvalue weighted by atomic mass is 10.2. The highest BCUT2D eigenvalue weighted by atomic mass is 15.3. The molecular weight excluding hydrogens is 214 g/mol. The van der Waals surface area contributed by atoms with Gasteiger partial charge in [0.05, 0.1) is 11.3 Å². The zero-order chi connectivity index (χ0) is 12.4. The van der Waals surface area contributed by atoms with Crippen LogP contribution in [0.4, 0.5) is 11.5 Å². The Kier molecular flexibility index (Phi) is 3.16. The topological polar surface area (TPSA) is 69.2 Å². The number of nitrogen functional groups attached to an aromatic ring is 1. The Balaban J connectivity index is 2.17. The Bertz CT molecular complexity index is 449. The number of nitrogens with zero attached hydrogens (tertiary/aromatic N) is 4. The molecule has 5 heteroatoms. The van der Waals surface area contributed by atoms with Gasteiger partial charge in [-0.1, -0.05) is 0 Å². The molecule has 0 saturated carbocycles. The van der Waals surface area contributed by atoms with Crippen molar-refractivity contribution < 1.29 is 0 Å². The number of hydrogen-bond donors (Lipinski definition) is 1. The van der Waals surface area contributed by atoms with E-state index in [1.807, 2.05) is 6.07 Å². The van der Waals surface area contributed by atoms with Crippen LogP contribution < -0.4 is 10.6 Å². The molecule has 2 rings (SSSR count). The van der Waals surface area contributed by atoms with Gasteiger partial charge in [0.15, 0.2) is 5.82 Å². The van der Waals surface area contributed by atoms with E-state index in [-0.39, 0.29) is 0 Å².